The summed E-state index contributed by atoms with van der Waals surface area (Å²) in [6.45, 7) is 3.92. The van der Waals surface area contributed by atoms with E-state index in [1.165, 1.54) is 0 Å². The number of ether oxygens (including phenoxy) is 1. The molecule has 0 aliphatic rings. The Balaban J connectivity index is 1.64. The van der Waals surface area contributed by atoms with Crippen LogP contribution < -0.4 is 10.1 Å². The Hall–Kier alpha value is -3.31. The van der Waals surface area contributed by atoms with Crippen molar-refractivity contribution in [3.8, 4) is 17.0 Å². The number of benzene rings is 2. The van der Waals surface area contributed by atoms with Crippen LogP contribution in [0.4, 0.5) is 5.82 Å². The quantitative estimate of drug-likeness (QED) is 0.491. The first-order valence-corrected chi connectivity index (χ1v) is 9.62. The van der Waals surface area contributed by atoms with Crippen molar-refractivity contribution >= 4 is 29.0 Å². The van der Waals surface area contributed by atoms with Gasteiger partial charge in [-0.1, -0.05) is 35.9 Å². The monoisotopic (exact) mass is 405 g/mol. The Labute approximate surface area is 173 Å². The molecule has 146 valence electrons. The molecule has 0 radical (unpaired) electrons. The molecule has 2 aromatic heterocycles. The summed E-state index contributed by atoms with van der Waals surface area (Å²) >= 11 is 5.88. The number of anilines is 1. The molecule has 4 rings (SSSR count). The predicted molar refractivity (Wildman–Crippen MR) is 116 cm³/mol. The molecule has 0 atom stereocenters. The number of fused-ring (bicyclic) bond motifs is 1. The van der Waals surface area contributed by atoms with Crippen molar-refractivity contribution in [1.82, 2.24) is 9.38 Å². The number of carbonyl (C=O) groups is 1. The zero-order valence-electron chi connectivity index (χ0n) is 16.1. The van der Waals surface area contributed by atoms with E-state index in [2.05, 4.69) is 5.32 Å². The lowest BCUT2D eigenvalue weighted by Crippen LogP contribution is -2.21. The van der Waals surface area contributed by atoms with Gasteiger partial charge in [0.05, 0.1) is 0 Å². The number of nitrogens with one attached hydrogen (secondary N) is 1. The number of hydrogen-bond acceptors (Lipinski definition) is 3. The zero-order chi connectivity index (χ0) is 20.4. The molecule has 2 heterocycles. The minimum atomic E-state index is -0.267. The number of aromatic nitrogens is 2. The molecule has 1 N–H and O–H groups in total. The van der Waals surface area contributed by atoms with Crippen LogP contribution in [0.1, 0.15) is 11.1 Å². The number of carbonyl (C=O) groups excluding carboxylic acids is 1. The summed E-state index contributed by atoms with van der Waals surface area (Å²) in [6.07, 6.45) is 1.91. The lowest BCUT2D eigenvalue weighted by Gasteiger charge is -2.10. The molecule has 1 amide bonds. The third kappa shape index (κ3) is 4.10. The molecule has 6 heteroatoms. The topological polar surface area (TPSA) is 55.6 Å². The van der Waals surface area contributed by atoms with Gasteiger partial charge in [-0.15, -0.1) is 0 Å². The number of amides is 1. The van der Waals surface area contributed by atoms with Crippen molar-refractivity contribution in [3.63, 3.8) is 0 Å². The number of pyridine rings is 1. The summed E-state index contributed by atoms with van der Waals surface area (Å²) in [6, 6.07) is 18.8. The van der Waals surface area contributed by atoms with Gasteiger partial charge in [0.25, 0.3) is 5.91 Å². The van der Waals surface area contributed by atoms with E-state index < -0.39 is 0 Å². The predicted octanol–water partition coefficient (Wildman–Crippen LogP) is 5.29. The molecular weight excluding hydrogens is 386 g/mol. The van der Waals surface area contributed by atoms with Crippen molar-refractivity contribution in [3.05, 3.63) is 83.0 Å². The fourth-order valence-corrected chi connectivity index (χ4v) is 3.27. The lowest BCUT2D eigenvalue weighted by molar-refractivity contribution is -0.118. The van der Waals surface area contributed by atoms with Gasteiger partial charge in [-0.2, -0.15) is 0 Å². The van der Waals surface area contributed by atoms with E-state index in [0.717, 1.165) is 28.0 Å². The van der Waals surface area contributed by atoms with E-state index in [1.54, 1.807) is 24.3 Å². The van der Waals surface area contributed by atoms with Gasteiger partial charge in [0.15, 0.2) is 6.61 Å². The summed E-state index contributed by atoms with van der Waals surface area (Å²) in [5.74, 6) is 0.939. The number of rotatable bonds is 5. The molecule has 0 spiro atoms. The van der Waals surface area contributed by atoms with E-state index >= 15 is 0 Å². The van der Waals surface area contributed by atoms with E-state index in [4.69, 9.17) is 21.3 Å². The van der Waals surface area contributed by atoms with E-state index in [0.29, 0.717) is 16.6 Å². The Morgan fingerprint density at radius 1 is 1.10 bits per heavy atom. The summed E-state index contributed by atoms with van der Waals surface area (Å²) in [7, 11) is 0. The normalized spacial score (nSPS) is 10.9. The minimum Gasteiger partial charge on any atom is -0.484 e. The average Bonchev–Trinajstić information content (AvgIpc) is 3.05. The van der Waals surface area contributed by atoms with Gasteiger partial charge in [0, 0.05) is 16.8 Å². The van der Waals surface area contributed by atoms with Crippen molar-refractivity contribution in [2.24, 2.45) is 0 Å². The molecule has 0 aliphatic carbocycles. The third-order valence-electron chi connectivity index (χ3n) is 4.62. The van der Waals surface area contributed by atoms with Gasteiger partial charge in [-0.05, 0) is 61.4 Å². The lowest BCUT2D eigenvalue weighted by atomic mass is 10.1. The summed E-state index contributed by atoms with van der Waals surface area (Å²) in [5, 5.41) is 3.59. The molecule has 0 saturated carbocycles. The summed E-state index contributed by atoms with van der Waals surface area (Å²) in [4.78, 5) is 17.4. The molecule has 0 unspecified atom stereocenters. The average molecular weight is 406 g/mol. The molecule has 2 aromatic carbocycles. The van der Waals surface area contributed by atoms with Gasteiger partial charge in [0.2, 0.25) is 0 Å². The highest BCUT2D eigenvalue weighted by molar-refractivity contribution is 6.30. The highest BCUT2D eigenvalue weighted by atomic mass is 35.5. The van der Waals surface area contributed by atoms with Crippen LogP contribution in [-0.2, 0) is 4.79 Å². The first kappa shape index (κ1) is 19.0. The fourth-order valence-electron chi connectivity index (χ4n) is 3.14. The standard InChI is InChI=1S/C23H20ClN3O2/c1-15-11-12-27-20(13-15)25-22(19-6-4-3-5-16(19)2)23(27)26-21(28)14-29-18-9-7-17(24)8-10-18/h3-13H,14H2,1-2H3,(H,26,28). The minimum absolute atomic E-state index is 0.117. The molecule has 29 heavy (non-hydrogen) atoms. The maximum absolute atomic E-state index is 12.6. The van der Waals surface area contributed by atoms with Crippen LogP contribution in [0.3, 0.4) is 0 Å². The van der Waals surface area contributed by atoms with Crippen molar-refractivity contribution in [2.45, 2.75) is 13.8 Å². The Bertz CT molecular complexity index is 1180. The maximum Gasteiger partial charge on any atom is 0.263 e. The molecular formula is C23H20ClN3O2. The van der Waals surface area contributed by atoms with Crippen LogP contribution >= 0.6 is 11.6 Å². The van der Waals surface area contributed by atoms with Crippen LogP contribution in [-0.4, -0.2) is 21.9 Å². The second-order valence-electron chi connectivity index (χ2n) is 6.85. The van der Waals surface area contributed by atoms with Gasteiger partial charge in [0.1, 0.15) is 22.9 Å². The largest absolute Gasteiger partial charge is 0.484 e. The van der Waals surface area contributed by atoms with Gasteiger partial charge in [-0.25, -0.2) is 4.98 Å². The van der Waals surface area contributed by atoms with Crippen LogP contribution in [0.15, 0.2) is 66.9 Å². The van der Waals surface area contributed by atoms with Gasteiger partial charge >= 0.3 is 0 Å². The molecule has 0 saturated heterocycles. The van der Waals surface area contributed by atoms with E-state index in [9.17, 15) is 4.79 Å². The SMILES string of the molecule is Cc1ccn2c(NC(=O)COc3ccc(Cl)cc3)c(-c3ccccc3C)nc2c1. The highest BCUT2D eigenvalue weighted by Crippen LogP contribution is 2.31. The van der Waals surface area contributed by atoms with Crippen LogP contribution in [0.5, 0.6) is 5.75 Å². The van der Waals surface area contributed by atoms with Crippen LogP contribution in [0, 0.1) is 13.8 Å². The maximum atomic E-state index is 12.6. The second kappa shape index (κ2) is 7.97. The Morgan fingerprint density at radius 3 is 2.62 bits per heavy atom. The third-order valence-corrected chi connectivity index (χ3v) is 4.88. The van der Waals surface area contributed by atoms with E-state index in [-0.39, 0.29) is 12.5 Å². The summed E-state index contributed by atoms with van der Waals surface area (Å²) in [5.41, 5.74) is 4.66. The van der Waals surface area contributed by atoms with Crippen molar-refractivity contribution < 1.29 is 9.53 Å². The number of imidazole rings is 1. The van der Waals surface area contributed by atoms with Crippen molar-refractivity contribution in [2.75, 3.05) is 11.9 Å². The second-order valence-corrected chi connectivity index (χ2v) is 7.28. The molecule has 5 nitrogen and oxygen atoms in total. The first-order chi connectivity index (χ1) is 14.0. The molecule has 0 aliphatic heterocycles. The summed E-state index contributed by atoms with van der Waals surface area (Å²) < 4.78 is 7.46. The Kier molecular flexibility index (Phi) is 5.23. The number of nitrogens with zero attached hydrogens (tertiary/aromatic N) is 2. The van der Waals surface area contributed by atoms with E-state index in [1.807, 2.05) is 60.8 Å². The number of aryl methyl sites for hydroxylation is 2. The smallest absolute Gasteiger partial charge is 0.263 e. The first-order valence-electron chi connectivity index (χ1n) is 9.24. The van der Waals surface area contributed by atoms with Gasteiger partial charge < -0.3 is 10.1 Å². The van der Waals surface area contributed by atoms with Crippen LogP contribution in [0.25, 0.3) is 16.9 Å². The van der Waals surface area contributed by atoms with Crippen molar-refractivity contribution in [1.29, 1.82) is 0 Å². The Morgan fingerprint density at radius 2 is 1.86 bits per heavy atom. The molecule has 4 aromatic rings. The fraction of sp³-hybridized carbons (Fsp3) is 0.130. The highest BCUT2D eigenvalue weighted by Gasteiger charge is 2.18. The number of halogens is 1. The zero-order valence-corrected chi connectivity index (χ0v) is 16.9. The molecule has 0 bridgehead atoms. The molecule has 0 fully saturated rings. The van der Waals surface area contributed by atoms with Crippen LogP contribution in [0.2, 0.25) is 5.02 Å². The number of hydrogen-bond donors (Lipinski definition) is 1. The van der Waals surface area contributed by atoms with Gasteiger partial charge in [-0.3, -0.25) is 9.20 Å².